The first-order valence-corrected chi connectivity index (χ1v) is 6.24. The number of hydrogen-bond acceptors (Lipinski definition) is 3. The van der Waals surface area contributed by atoms with Crippen LogP contribution in [-0.4, -0.2) is 46.3 Å². The molecule has 2 heterocycles. The van der Waals surface area contributed by atoms with Gasteiger partial charge in [-0.3, -0.25) is 9.48 Å². The maximum Gasteiger partial charge on any atom is 0.236 e. The third-order valence-corrected chi connectivity index (χ3v) is 3.08. The lowest BCUT2D eigenvalue weighted by Crippen LogP contribution is -2.41. The third-order valence-electron chi connectivity index (χ3n) is 3.08. The zero-order chi connectivity index (χ0) is 12.1. The van der Waals surface area contributed by atoms with Crippen LogP contribution in [0.3, 0.4) is 0 Å². The second-order valence-corrected chi connectivity index (χ2v) is 4.60. The number of aromatic nitrogens is 2. The molecule has 1 aromatic rings. The van der Waals surface area contributed by atoms with E-state index in [9.17, 15) is 4.79 Å². The Bertz CT molecular complexity index is 343. The van der Waals surface area contributed by atoms with Crippen LogP contribution in [0, 0.1) is 0 Å². The predicted octanol–water partition coefficient (Wildman–Crippen LogP) is 0.484. The molecule has 0 aliphatic carbocycles. The summed E-state index contributed by atoms with van der Waals surface area (Å²) < 4.78 is 1.87. The summed E-state index contributed by atoms with van der Waals surface area (Å²) in [4.78, 5) is 13.7. The summed E-state index contributed by atoms with van der Waals surface area (Å²) in [7, 11) is 0. The van der Waals surface area contributed by atoms with Gasteiger partial charge in [0.1, 0.15) is 0 Å². The van der Waals surface area contributed by atoms with E-state index in [1.807, 2.05) is 21.8 Å². The molecule has 1 aromatic heterocycles. The molecule has 0 spiro atoms. The van der Waals surface area contributed by atoms with E-state index in [0.717, 1.165) is 32.5 Å². The molecule has 0 aromatic carbocycles. The Labute approximate surface area is 102 Å². The van der Waals surface area contributed by atoms with Crippen LogP contribution >= 0.6 is 0 Å². The first-order chi connectivity index (χ1) is 8.25. The van der Waals surface area contributed by atoms with Gasteiger partial charge in [0.25, 0.3) is 0 Å². The number of nitrogens with one attached hydrogen (secondary N) is 1. The Balaban J connectivity index is 1.68. The predicted molar refractivity (Wildman–Crippen MR) is 65.5 cm³/mol. The van der Waals surface area contributed by atoms with E-state index in [4.69, 9.17) is 0 Å². The van der Waals surface area contributed by atoms with Crippen molar-refractivity contribution in [2.24, 2.45) is 0 Å². The van der Waals surface area contributed by atoms with Crippen molar-refractivity contribution in [1.29, 1.82) is 0 Å². The quantitative estimate of drug-likeness (QED) is 0.809. The summed E-state index contributed by atoms with van der Waals surface area (Å²) >= 11 is 0. The summed E-state index contributed by atoms with van der Waals surface area (Å²) in [5.41, 5.74) is 0. The van der Waals surface area contributed by atoms with E-state index in [0.29, 0.717) is 6.54 Å². The van der Waals surface area contributed by atoms with Gasteiger partial charge in [-0.2, -0.15) is 5.10 Å². The smallest absolute Gasteiger partial charge is 0.236 e. The number of amides is 1. The maximum atomic E-state index is 11.8. The van der Waals surface area contributed by atoms with Crippen molar-refractivity contribution in [3.63, 3.8) is 0 Å². The monoisotopic (exact) mass is 236 g/mol. The molecule has 1 aliphatic heterocycles. The minimum atomic E-state index is 0.217. The van der Waals surface area contributed by atoms with Crippen molar-refractivity contribution >= 4 is 5.91 Å². The highest BCUT2D eigenvalue weighted by Crippen LogP contribution is 2.06. The van der Waals surface area contributed by atoms with Gasteiger partial charge >= 0.3 is 0 Å². The van der Waals surface area contributed by atoms with Crippen LogP contribution in [-0.2, 0) is 11.3 Å². The SMILES string of the molecule is CC(Cn1cccn1)NCC(=O)N1CCCC1. The average molecular weight is 236 g/mol. The molecule has 0 saturated carbocycles. The molecule has 17 heavy (non-hydrogen) atoms. The van der Waals surface area contributed by atoms with Crippen molar-refractivity contribution in [1.82, 2.24) is 20.0 Å². The van der Waals surface area contributed by atoms with Crippen LogP contribution < -0.4 is 5.32 Å². The first-order valence-electron chi connectivity index (χ1n) is 6.24. The van der Waals surface area contributed by atoms with Crippen molar-refractivity contribution < 1.29 is 4.79 Å². The van der Waals surface area contributed by atoms with Crippen molar-refractivity contribution in [3.05, 3.63) is 18.5 Å². The Morgan fingerprint density at radius 1 is 1.47 bits per heavy atom. The summed E-state index contributed by atoms with van der Waals surface area (Å²) in [5, 5.41) is 7.39. The maximum absolute atomic E-state index is 11.8. The van der Waals surface area contributed by atoms with E-state index < -0.39 is 0 Å². The molecule has 94 valence electrons. The van der Waals surface area contributed by atoms with Crippen molar-refractivity contribution in [2.45, 2.75) is 32.4 Å². The largest absolute Gasteiger partial charge is 0.342 e. The van der Waals surface area contributed by atoms with Crippen LogP contribution in [0.5, 0.6) is 0 Å². The third kappa shape index (κ3) is 3.56. The second kappa shape index (κ2) is 5.82. The highest BCUT2D eigenvalue weighted by Gasteiger charge is 2.17. The van der Waals surface area contributed by atoms with E-state index in [2.05, 4.69) is 17.3 Å². The first kappa shape index (κ1) is 12.1. The molecule has 1 unspecified atom stereocenters. The number of rotatable bonds is 5. The molecule has 5 heteroatoms. The van der Waals surface area contributed by atoms with Gasteiger partial charge in [-0.1, -0.05) is 0 Å². The molecular weight excluding hydrogens is 216 g/mol. The van der Waals surface area contributed by atoms with Crippen LogP contribution in [0.25, 0.3) is 0 Å². The summed E-state index contributed by atoms with van der Waals surface area (Å²) in [6.45, 7) is 5.14. The van der Waals surface area contributed by atoms with Gasteiger partial charge in [0.2, 0.25) is 5.91 Å². The number of carbonyl (C=O) groups excluding carboxylic acids is 1. The van der Waals surface area contributed by atoms with Gasteiger partial charge in [-0.25, -0.2) is 0 Å². The lowest BCUT2D eigenvalue weighted by Gasteiger charge is -2.18. The Morgan fingerprint density at radius 3 is 2.88 bits per heavy atom. The molecule has 1 fully saturated rings. The highest BCUT2D eigenvalue weighted by atomic mass is 16.2. The van der Waals surface area contributed by atoms with E-state index >= 15 is 0 Å². The van der Waals surface area contributed by atoms with Crippen molar-refractivity contribution in [2.75, 3.05) is 19.6 Å². The Hall–Kier alpha value is -1.36. The standard InChI is InChI=1S/C12H20N4O/c1-11(10-16-8-4-5-14-16)13-9-12(17)15-6-2-3-7-15/h4-5,8,11,13H,2-3,6-7,9-10H2,1H3. The van der Waals surface area contributed by atoms with Gasteiger partial charge in [0.05, 0.1) is 13.1 Å². The molecule has 1 saturated heterocycles. The molecule has 1 aliphatic rings. The minimum absolute atomic E-state index is 0.217. The van der Waals surface area contributed by atoms with Gasteiger partial charge in [-0.05, 0) is 25.8 Å². The lowest BCUT2D eigenvalue weighted by molar-refractivity contribution is -0.129. The number of hydrogen-bond donors (Lipinski definition) is 1. The molecule has 1 atom stereocenters. The fourth-order valence-electron chi connectivity index (χ4n) is 2.09. The molecule has 1 N–H and O–H groups in total. The van der Waals surface area contributed by atoms with Gasteiger partial charge < -0.3 is 10.2 Å². The highest BCUT2D eigenvalue weighted by molar-refractivity contribution is 5.78. The molecule has 0 bridgehead atoms. The molecular formula is C12H20N4O. The second-order valence-electron chi connectivity index (χ2n) is 4.60. The number of carbonyl (C=O) groups is 1. The fourth-order valence-corrected chi connectivity index (χ4v) is 2.09. The Kier molecular flexibility index (Phi) is 4.14. The molecule has 5 nitrogen and oxygen atoms in total. The Morgan fingerprint density at radius 2 is 2.24 bits per heavy atom. The van der Waals surface area contributed by atoms with Gasteiger partial charge in [0, 0.05) is 31.5 Å². The number of nitrogens with zero attached hydrogens (tertiary/aromatic N) is 3. The van der Waals surface area contributed by atoms with E-state index in [1.165, 1.54) is 0 Å². The van der Waals surface area contributed by atoms with E-state index in [-0.39, 0.29) is 11.9 Å². The van der Waals surface area contributed by atoms with Gasteiger partial charge in [-0.15, -0.1) is 0 Å². The normalized spacial score (nSPS) is 17.4. The fraction of sp³-hybridized carbons (Fsp3) is 0.667. The lowest BCUT2D eigenvalue weighted by atomic mass is 10.3. The minimum Gasteiger partial charge on any atom is -0.342 e. The topological polar surface area (TPSA) is 50.2 Å². The van der Waals surface area contributed by atoms with Crippen LogP contribution in [0.4, 0.5) is 0 Å². The number of likely N-dealkylation sites (tertiary alicyclic amines) is 1. The molecule has 2 rings (SSSR count). The van der Waals surface area contributed by atoms with Crippen LogP contribution in [0.15, 0.2) is 18.5 Å². The summed E-state index contributed by atoms with van der Waals surface area (Å²) in [5.74, 6) is 0.217. The van der Waals surface area contributed by atoms with Gasteiger partial charge in [0.15, 0.2) is 0 Å². The molecule has 1 amide bonds. The van der Waals surface area contributed by atoms with E-state index in [1.54, 1.807) is 6.20 Å². The zero-order valence-electron chi connectivity index (χ0n) is 10.3. The summed E-state index contributed by atoms with van der Waals surface area (Å²) in [6.07, 6.45) is 5.99. The van der Waals surface area contributed by atoms with Crippen LogP contribution in [0.1, 0.15) is 19.8 Å². The summed E-state index contributed by atoms with van der Waals surface area (Å²) in [6, 6.07) is 2.16. The van der Waals surface area contributed by atoms with Crippen LogP contribution in [0.2, 0.25) is 0 Å². The molecule has 0 radical (unpaired) electrons. The average Bonchev–Trinajstić information content (AvgIpc) is 2.97. The van der Waals surface area contributed by atoms with Crippen molar-refractivity contribution in [3.8, 4) is 0 Å². The zero-order valence-corrected chi connectivity index (χ0v) is 10.3.